The Labute approximate surface area is 272 Å². The molecule has 0 aliphatic carbocycles. The predicted octanol–water partition coefficient (Wildman–Crippen LogP) is 11.1. The van der Waals surface area contributed by atoms with E-state index in [1.807, 2.05) is 42.5 Å². The maximum atomic E-state index is 6.62. The van der Waals surface area contributed by atoms with E-state index in [1.165, 1.54) is 22.1 Å². The Morgan fingerprint density at radius 1 is 0.319 bits per heavy atom. The van der Waals surface area contributed by atoms with Gasteiger partial charge in [0.05, 0.1) is 0 Å². The van der Waals surface area contributed by atoms with Crippen molar-refractivity contribution in [3.8, 4) is 79.0 Å². The summed E-state index contributed by atoms with van der Waals surface area (Å²) < 4.78 is 6.62. The Kier molecular flexibility index (Phi) is 6.43. The highest BCUT2D eigenvalue weighted by Crippen LogP contribution is 2.49. The lowest BCUT2D eigenvalue weighted by molar-refractivity contribution is 0.487. The van der Waals surface area contributed by atoms with Crippen LogP contribution in [0.5, 0.6) is 11.5 Å². The number of benzene rings is 7. The van der Waals surface area contributed by atoms with Crippen LogP contribution in [0.2, 0.25) is 0 Å². The van der Waals surface area contributed by atoms with Gasteiger partial charge in [0.25, 0.3) is 0 Å². The molecule has 220 valence electrons. The van der Waals surface area contributed by atoms with E-state index in [1.54, 1.807) is 0 Å². The van der Waals surface area contributed by atoms with Crippen LogP contribution in [0, 0.1) is 0 Å². The van der Waals surface area contributed by atoms with E-state index in [0.29, 0.717) is 17.5 Å². The number of fused-ring (bicyclic) bond motifs is 2. The van der Waals surface area contributed by atoms with Crippen LogP contribution >= 0.6 is 0 Å². The fourth-order valence-corrected chi connectivity index (χ4v) is 6.43. The molecule has 0 unspecified atom stereocenters. The van der Waals surface area contributed by atoms with Crippen molar-refractivity contribution in [1.29, 1.82) is 0 Å². The standard InChI is InChI=1S/C43H27N3O/c1-4-11-28(12-5-1)29-19-21-32(22-20-29)42-44-41(31-15-8-3-9-16-31)45-43(46-42)33-23-24-35-37-18-10-17-36-34(30-13-6-2-7-14-30)25-26-38(40(36)37)47-39(35)27-33/h1-27H. The zero-order valence-electron chi connectivity index (χ0n) is 25.3. The maximum Gasteiger partial charge on any atom is 0.164 e. The minimum Gasteiger partial charge on any atom is -0.456 e. The molecule has 8 aromatic rings. The average molecular weight is 602 g/mol. The summed E-state index contributed by atoms with van der Waals surface area (Å²) in [6.45, 7) is 0. The highest BCUT2D eigenvalue weighted by Gasteiger charge is 2.23. The molecule has 0 N–H and O–H groups in total. The number of nitrogens with zero attached hydrogens (tertiary/aromatic N) is 3. The van der Waals surface area contributed by atoms with Gasteiger partial charge in [-0.15, -0.1) is 0 Å². The number of hydrogen-bond donors (Lipinski definition) is 0. The molecule has 4 heteroatoms. The molecule has 0 saturated heterocycles. The van der Waals surface area contributed by atoms with Crippen molar-refractivity contribution >= 4 is 10.8 Å². The maximum absolute atomic E-state index is 6.62. The van der Waals surface area contributed by atoms with Gasteiger partial charge < -0.3 is 4.74 Å². The van der Waals surface area contributed by atoms with Gasteiger partial charge >= 0.3 is 0 Å². The Morgan fingerprint density at radius 2 is 0.830 bits per heavy atom. The van der Waals surface area contributed by atoms with Crippen molar-refractivity contribution in [2.45, 2.75) is 0 Å². The minimum absolute atomic E-state index is 0.593. The van der Waals surface area contributed by atoms with Crippen LogP contribution in [-0.2, 0) is 0 Å². The summed E-state index contributed by atoms with van der Waals surface area (Å²) in [5.41, 5.74) is 9.62. The lowest BCUT2D eigenvalue weighted by atomic mass is 9.90. The van der Waals surface area contributed by atoms with Gasteiger partial charge in [0.1, 0.15) is 11.5 Å². The lowest BCUT2D eigenvalue weighted by Crippen LogP contribution is -2.02. The first-order valence-corrected chi connectivity index (χ1v) is 15.7. The highest BCUT2D eigenvalue weighted by molar-refractivity contribution is 6.10. The summed E-state index contributed by atoms with van der Waals surface area (Å²) in [5, 5.41) is 2.30. The summed E-state index contributed by atoms with van der Waals surface area (Å²) in [6, 6.07) is 56.3. The predicted molar refractivity (Wildman–Crippen MR) is 190 cm³/mol. The fraction of sp³-hybridized carbons (Fsp3) is 0. The normalized spacial score (nSPS) is 11.6. The third-order valence-corrected chi connectivity index (χ3v) is 8.75. The quantitative estimate of drug-likeness (QED) is 0.197. The van der Waals surface area contributed by atoms with Crippen LogP contribution in [-0.4, -0.2) is 15.0 Å². The SMILES string of the molecule is c1ccc(-c2ccc(-c3nc(-c4ccccc4)nc(-c4ccc5c(c4)Oc4ccc(-c6ccccc6)c6cccc-5c46)n3)cc2)cc1. The molecule has 1 aromatic heterocycles. The summed E-state index contributed by atoms with van der Waals surface area (Å²) in [7, 11) is 0. The average Bonchev–Trinajstić information content (AvgIpc) is 3.16. The molecule has 2 heterocycles. The molecule has 0 bridgehead atoms. The molecule has 0 amide bonds. The van der Waals surface area contributed by atoms with Crippen LogP contribution < -0.4 is 4.74 Å². The van der Waals surface area contributed by atoms with Gasteiger partial charge in [-0.05, 0) is 51.4 Å². The van der Waals surface area contributed by atoms with Gasteiger partial charge in [0, 0.05) is 27.6 Å². The van der Waals surface area contributed by atoms with E-state index in [4.69, 9.17) is 19.7 Å². The van der Waals surface area contributed by atoms with Crippen LogP contribution in [0.25, 0.3) is 78.3 Å². The molecule has 1 aliphatic heterocycles. The summed E-state index contributed by atoms with van der Waals surface area (Å²) in [6.07, 6.45) is 0. The van der Waals surface area contributed by atoms with Gasteiger partial charge in [-0.1, -0.05) is 146 Å². The molecular formula is C43H27N3O. The van der Waals surface area contributed by atoms with Crippen LogP contribution in [0.15, 0.2) is 164 Å². The smallest absolute Gasteiger partial charge is 0.164 e. The molecule has 0 radical (unpaired) electrons. The molecule has 0 spiro atoms. The highest BCUT2D eigenvalue weighted by atomic mass is 16.5. The zero-order chi connectivity index (χ0) is 31.2. The molecule has 7 aromatic carbocycles. The Morgan fingerprint density at radius 3 is 1.51 bits per heavy atom. The van der Waals surface area contributed by atoms with E-state index in [0.717, 1.165) is 50.3 Å². The molecule has 0 saturated carbocycles. The van der Waals surface area contributed by atoms with E-state index in [-0.39, 0.29) is 0 Å². The lowest BCUT2D eigenvalue weighted by Gasteiger charge is -2.23. The number of ether oxygens (including phenoxy) is 1. The van der Waals surface area contributed by atoms with E-state index < -0.39 is 0 Å². The van der Waals surface area contributed by atoms with Crippen LogP contribution in [0.3, 0.4) is 0 Å². The van der Waals surface area contributed by atoms with E-state index >= 15 is 0 Å². The van der Waals surface area contributed by atoms with Crippen LogP contribution in [0.1, 0.15) is 0 Å². The van der Waals surface area contributed by atoms with Crippen molar-refractivity contribution in [1.82, 2.24) is 15.0 Å². The van der Waals surface area contributed by atoms with E-state index in [2.05, 4.69) is 121 Å². The second kappa shape index (κ2) is 11.2. The van der Waals surface area contributed by atoms with Crippen molar-refractivity contribution in [2.75, 3.05) is 0 Å². The number of aromatic nitrogens is 3. The third kappa shape index (κ3) is 4.84. The fourth-order valence-electron chi connectivity index (χ4n) is 6.43. The molecule has 4 nitrogen and oxygen atoms in total. The van der Waals surface area contributed by atoms with Crippen molar-refractivity contribution < 1.29 is 4.74 Å². The Hall–Kier alpha value is -6.39. The molecule has 1 aliphatic rings. The van der Waals surface area contributed by atoms with E-state index in [9.17, 15) is 0 Å². The molecule has 9 rings (SSSR count). The van der Waals surface area contributed by atoms with Gasteiger partial charge in [-0.2, -0.15) is 0 Å². The molecular weight excluding hydrogens is 574 g/mol. The molecule has 47 heavy (non-hydrogen) atoms. The van der Waals surface area contributed by atoms with Crippen molar-refractivity contribution in [2.24, 2.45) is 0 Å². The number of hydrogen-bond acceptors (Lipinski definition) is 4. The minimum atomic E-state index is 0.593. The first kappa shape index (κ1) is 27.0. The van der Waals surface area contributed by atoms with Gasteiger partial charge in [-0.25, -0.2) is 15.0 Å². The topological polar surface area (TPSA) is 47.9 Å². The monoisotopic (exact) mass is 601 g/mol. The van der Waals surface area contributed by atoms with Gasteiger partial charge in [0.2, 0.25) is 0 Å². The first-order chi connectivity index (χ1) is 23.3. The van der Waals surface area contributed by atoms with Gasteiger partial charge in [-0.3, -0.25) is 0 Å². The Balaban J connectivity index is 1.15. The summed E-state index contributed by atoms with van der Waals surface area (Å²) in [4.78, 5) is 14.9. The molecule has 0 atom stereocenters. The van der Waals surface area contributed by atoms with Crippen LogP contribution in [0.4, 0.5) is 0 Å². The zero-order valence-corrected chi connectivity index (χ0v) is 25.3. The van der Waals surface area contributed by atoms with Crippen molar-refractivity contribution in [3.63, 3.8) is 0 Å². The third-order valence-electron chi connectivity index (χ3n) is 8.75. The van der Waals surface area contributed by atoms with Gasteiger partial charge in [0.15, 0.2) is 17.5 Å². The molecule has 0 fully saturated rings. The first-order valence-electron chi connectivity index (χ1n) is 15.7. The second-order valence-corrected chi connectivity index (χ2v) is 11.6. The largest absolute Gasteiger partial charge is 0.456 e. The van der Waals surface area contributed by atoms with Crippen molar-refractivity contribution in [3.05, 3.63) is 164 Å². The Bertz CT molecular complexity index is 2410. The second-order valence-electron chi connectivity index (χ2n) is 11.6. The summed E-state index contributed by atoms with van der Waals surface area (Å²) >= 11 is 0. The summed E-state index contributed by atoms with van der Waals surface area (Å²) in [5.74, 6) is 3.47. The number of rotatable bonds is 5.